The van der Waals surface area contributed by atoms with Crippen LogP contribution in [-0.4, -0.2) is 38.0 Å². The minimum atomic E-state index is -0.469. The van der Waals surface area contributed by atoms with Crippen molar-refractivity contribution in [3.8, 4) is 0 Å². The molecule has 0 saturated carbocycles. The molecule has 0 spiro atoms. The molecule has 6 heteroatoms. The van der Waals surface area contributed by atoms with E-state index in [2.05, 4.69) is 10.1 Å². The summed E-state index contributed by atoms with van der Waals surface area (Å²) >= 11 is 0. The van der Waals surface area contributed by atoms with Gasteiger partial charge in [-0.25, -0.2) is 4.79 Å². The van der Waals surface area contributed by atoms with Gasteiger partial charge in [-0.3, -0.25) is 9.59 Å². The van der Waals surface area contributed by atoms with Crippen molar-refractivity contribution in [1.82, 2.24) is 5.32 Å². The van der Waals surface area contributed by atoms with Gasteiger partial charge < -0.3 is 15.0 Å². The van der Waals surface area contributed by atoms with E-state index in [1.807, 2.05) is 20.8 Å². The molecule has 0 radical (unpaired) electrons. The van der Waals surface area contributed by atoms with Crippen LogP contribution in [0.25, 0.3) is 0 Å². The van der Waals surface area contributed by atoms with E-state index in [1.165, 1.54) is 14.0 Å². The lowest BCUT2D eigenvalue weighted by atomic mass is 9.96. The third kappa shape index (κ3) is 5.39. The molecule has 0 aliphatic heterocycles. The minimum Gasteiger partial charge on any atom is -0.465 e. The first-order valence-corrected chi connectivity index (χ1v) is 7.41. The molecule has 0 atom stereocenters. The summed E-state index contributed by atoms with van der Waals surface area (Å²) in [5, 5.41) is 2.81. The van der Waals surface area contributed by atoms with Gasteiger partial charge in [-0.15, -0.1) is 0 Å². The maximum atomic E-state index is 11.8. The zero-order valence-corrected chi connectivity index (χ0v) is 14.3. The van der Waals surface area contributed by atoms with Crippen LogP contribution in [0.1, 0.15) is 38.1 Å². The fourth-order valence-electron chi connectivity index (χ4n) is 1.91. The van der Waals surface area contributed by atoms with Crippen LogP contribution in [0.3, 0.4) is 0 Å². The Hall–Kier alpha value is -2.37. The normalized spacial score (nSPS) is 10.8. The number of anilines is 1. The van der Waals surface area contributed by atoms with Crippen LogP contribution >= 0.6 is 0 Å². The largest absolute Gasteiger partial charge is 0.465 e. The number of hydrogen-bond donors (Lipinski definition) is 1. The molecule has 0 aromatic heterocycles. The van der Waals surface area contributed by atoms with Crippen molar-refractivity contribution in [3.05, 3.63) is 29.8 Å². The smallest absolute Gasteiger partial charge is 0.337 e. The van der Waals surface area contributed by atoms with E-state index in [-0.39, 0.29) is 11.8 Å². The zero-order valence-electron chi connectivity index (χ0n) is 14.3. The van der Waals surface area contributed by atoms with Crippen LogP contribution in [-0.2, 0) is 14.3 Å². The Kier molecular flexibility index (Phi) is 6.30. The number of nitrogens with one attached hydrogen (secondary N) is 1. The van der Waals surface area contributed by atoms with Gasteiger partial charge in [0.1, 0.15) is 0 Å². The van der Waals surface area contributed by atoms with Crippen LogP contribution < -0.4 is 10.2 Å². The van der Waals surface area contributed by atoms with Crippen molar-refractivity contribution in [2.75, 3.05) is 25.1 Å². The second kappa shape index (κ2) is 7.76. The molecule has 0 fully saturated rings. The molecule has 0 bridgehead atoms. The number of methoxy groups -OCH3 is 1. The van der Waals surface area contributed by atoms with Crippen LogP contribution in [0.5, 0.6) is 0 Å². The minimum absolute atomic E-state index is 0.0676. The molecule has 1 N–H and O–H groups in total. The molecule has 0 aliphatic carbocycles. The number of carbonyl (C=O) groups is 3. The number of nitrogens with zero attached hydrogens (tertiary/aromatic N) is 1. The van der Waals surface area contributed by atoms with E-state index in [0.717, 1.165) is 0 Å². The second-order valence-corrected chi connectivity index (χ2v) is 6.22. The van der Waals surface area contributed by atoms with Gasteiger partial charge in [0.05, 0.1) is 12.7 Å². The number of hydrogen-bond acceptors (Lipinski definition) is 4. The van der Waals surface area contributed by atoms with Crippen molar-refractivity contribution < 1.29 is 19.1 Å². The van der Waals surface area contributed by atoms with Crippen molar-refractivity contribution in [1.29, 1.82) is 0 Å². The Morgan fingerprint density at radius 2 is 1.70 bits per heavy atom. The Balaban J connectivity index is 2.74. The zero-order chi connectivity index (χ0) is 17.6. The molecule has 1 aromatic rings. The molecular weight excluding hydrogens is 296 g/mol. The highest BCUT2D eigenvalue weighted by Crippen LogP contribution is 2.16. The molecule has 6 nitrogen and oxygen atoms in total. The van der Waals surface area contributed by atoms with Crippen molar-refractivity contribution in [2.24, 2.45) is 5.41 Å². The first-order valence-electron chi connectivity index (χ1n) is 7.41. The number of amides is 2. The molecule has 0 saturated heterocycles. The number of rotatable bonds is 5. The molecule has 1 aromatic carbocycles. The summed E-state index contributed by atoms with van der Waals surface area (Å²) in [6.45, 7) is 7.66. The Bertz CT molecular complexity index is 573. The molecule has 0 heterocycles. The number of esters is 1. The first-order chi connectivity index (χ1) is 10.7. The van der Waals surface area contributed by atoms with Crippen LogP contribution in [0.15, 0.2) is 24.3 Å². The van der Waals surface area contributed by atoms with Crippen molar-refractivity contribution in [2.45, 2.75) is 27.7 Å². The molecule has 0 aliphatic rings. The highest BCUT2D eigenvalue weighted by Gasteiger charge is 2.21. The van der Waals surface area contributed by atoms with E-state index >= 15 is 0 Å². The summed E-state index contributed by atoms with van der Waals surface area (Å²) in [6.07, 6.45) is 0. The van der Waals surface area contributed by atoms with Gasteiger partial charge in [-0.05, 0) is 24.3 Å². The summed E-state index contributed by atoms with van der Waals surface area (Å²) in [5.41, 5.74) is 0.611. The maximum Gasteiger partial charge on any atom is 0.337 e. The van der Waals surface area contributed by atoms with Gasteiger partial charge in [0, 0.05) is 31.1 Å². The lowest BCUT2D eigenvalue weighted by molar-refractivity contribution is -0.128. The number of carbonyl (C=O) groups excluding carboxylic acids is 3. The van der Waals surface area contributed by atoms with E-state index in [0.29, 0.717) is 24.3 Å². The van der Waals surface area contributed by atoms with Gasteiger partial charge in [0.2, 0.25) is 11.8 Å². The highest BCUT2D eigenvalue weighted by molar-refractivity contribution is 5.93. The SMILES string of the molecule is COC(=O)c1ccc(N(CCNC(=O)C(C)(C)C)C(C)=O)cc1. The van der Waals surface area contributed by atoms with E-state index < -0.39 is 11.4 Å². The van der Waals surface area contributed by atoms with Gasteiger partial charge in [0.15, 0.2) is 0 Å². The Morgan fingerprint density at radius 3 is 2.13 bits per heavy atom. The standard InChI is InChI=1S/C17H24N2O4/c1-12(20)19(11-10-18-16(22)17(2,3)4)14-8-6-13(7-9-14)15(21)23-5/h6-9H,10-11H2,1-5H3,(H,18,22). The molecule has 0 unspecified atom stereocenters. The number of benzene rings is 1. The predicted molar refractivity (Wildman–Crippen MR) is 88.3 cm³/mol. The fourth-order valence-corrected chi connectivity index (χ4v) is 1.91. The summed E-state index contributed by atoms with van der Waals surface area (Å²) in [7, 11) is 1.32. The van der Waals surface area contributed by atoms with Crippen molar-refractivity contribution in [3.63, 3.8) is 0 Å². The Labute approximate surface area is 136 Å². The molecule has 126 valence electrons. The second-order valence-electron chi connectivity index (χ2n) is 6.22. The topological polar surface area (TPSA) is 75.7 Å². The summed E-state index contributed by atoms with van der Waals surface area (Å²) in [6, 6.07) is 6.56. The Morgan fingerprint density at radius 1 is 1.13 bits per heavy atom. The average molecular weight is 320 g/mol. The lowest BCUT2D eigenvalue weighted by Gasteiger charge is -2.23. The molecule has 1 rings (SSSR count). The monoisotopic (exact) mass is 320 g/mol. The van der Waals surface area contributed by atoms with Gasteiger partial charge >= 0.3 is 5.97 Å². The van der Waals surface area contributed by atoms with E-state index in [9.17, 15) is 14.4 Å². The maximum absolute atomic E-state index is 11.8. The van der Waals surface area contributed by atoms with Gasteiger partial charge in [0.25, 0.3) is 0 Å². The first kappa shape index (κ1) is 18.7. The van der Waals surface area contributed by atoms with Crippen LogP contribution in [0, 0.1) is 5.41 Å². The summed E-state index contributed by atoms with van der Waals surface area (Å²) in [5.74, 6) is -0.633. The predicted octanol–water partition coefficient (Wildman–Crippen LogP) is 1.99. The molecule has 23 heavy (non-hydrogen) atoms. The molecular formula is C17H24N2O4. The third-order valence-electron chi connectivity index (χ3n) is 3.28. The van der Waals surface area contributed by atoms with Crippen LogP contribution in [0.2, 0.25) is 0 Å². The fraction of sp³-hybridized carbons (Fsp3) is 0.471. The molecule has 2 amide bonds. The third-order valence-corrected chi connectivity index (χ3v) is 3.28. The summed E-state index contributed by atoms with van der Waals surface area (Å²) < 4.78 is 4.64. The lowest BCUT2D eigenvalue weighted by Crippen LogP contribution is -2.41. The van der Waals surface area contributed by atoms with Crippen molar-refractivity contribution >= 4 is 23.5 Å². The average Bonchev–Trinajstić information content (AvgIpc) is 2.49. The van der Waals surface area contributed by atoms with Crippen LogP contribution in [0.4, 0.5) is 5.69 Å². The highest BCUT2D eigenvalue weighted by atomic mass is 16.5. The quantitative estimate of drug-likeness (QED) is 0.842. The summed E-state index contributed by atoms with van der Waals surface area (Å²) in [4.78, 5) is 36.6. The van der Waals surface area contributed by atoms with E-state index in [4.69, 9.17) is 0 Å². The van der Waals surface area contributed by atoms with Gasteiger partial charge in [-0.2, -0.15) is 0 Å². The van der Waals surface area contributed by atoms with Gasteiger partial charge in [-0.1, -0.05) is 20.8 Å². The van der Waals surface area contributed by atoms with E-state index in [1.54, 1.807) is 29.2 Å². The number of ether oxygens (including phenoxy) is 1.